The molecule has 196 valence electrons. The van der Waals surface area contributed by atoms with E-state index in [9.17, 15) is 14.4 Å². The van der Waals surface area contributed by atoms with Gasteiger partial charge in [0.05, 0.1) is 12.8 Å². The summed E-state index contributed by atoms with van der Waals surface area (Å²) in [6.07, 6.45) is -2.01. The molecule has 9 heteroatoms. The van der Waals surface area contributed by atoms with Gasteiger partial charge >= 0.3 is 12.1 Å². The summed E-state index contributed by atoms with van der Waals surface area (Å²) in [5.74, 6) is -1.06. The molecule has 3 atom stereocenters. The molecule has 2 N–H and O–H groups in total. The molecule has 1 heterocycles. The van der Waals surface area contributed by atoms with Crippen LogP contribution in [0.1, 0.15) is 30.4 Å². The molecule has 0 saturated carbocycles. The predicted molar refractivity (Wildman–Crippen MR) is 140 cm³/mol. The number of carbonyl (C=O) groups excluding carboxylic acids is 3. The maximum atomic E-state index is 13.0. The Balaban J connectivity index is 1.19. The Morgan fingerprint density at radius 1 is 0.947 bits per heavy atom. The number of methoxy groups -OCH3 is 1. The van der Waals surface area contributed by atoms with Crippen molar-refractivity contribution in [3.8, 4) is 11.1 Å². The Morgan fingerprint density at radius 2 is 1.55 bits per heavy atom. The fraction of sp³-hybridized carbons (Fsp3) is 0.276. The van der Waals surface area contributed by atoms with Crippen molar-refractivity contribution in [2.24, 2.45) is 0 Å². The molecule has 1 aliphatic heterocycles. The lowest BCUT2D eigenvalue weighted by Gasteiger charge is -2.26. The average molecular weight is 516 g/mol. The van der Waals surface area contributed by atoms with Crippen molar-refractivity contribution < 1.29 is 28.7 Å². The average Bonchev–Trinajstić information content (AvgIpc) is 3.51. The zero-order valence-electron chi connectivity index (χ0n) is 21.1. The minimum absolute atomic E-state index is 0.0809. The Kier molecular flexibility index (Phi) is 7.28. The first kappa shape index (κ1) is 25.3. The van der Waals surface area contributed by atoms with E-state index in [1.54, 1.807) is 19.1 Å². The van der Waals surface area contributed by atoms with Crippen LogP contribution in [-0.4, -0.2) is 50.0 Å². The fourth-order valence-corrected chi connectivity index (χ4v) is 4.93. The molecule has 0 spiro atoms. The Morgan fingerprint density at radius 3 is 2.18 bits per heavy atom. The van der Waals surface area contributed by atoms with E-state index < -0.39 is 36.3 Å². The number of hydroxylamine groups is 1. The summed E-state index contributed by atoms with van der Waals surface area (Å²) in [5, 5.41) is 6.92. The number of benzene rings is 3. The standard InChI is InChI=1S/C29H29N3O6/c1-18(27(33)31-26-16-25(28(34)36-2)38-32(26)19-10-4-3-5-11-19)30-29(35)37-17-24-22-14-8-6-12-20(22)21-13-7-9-15-23(21)24/h3-15,18,24-26H,16-17H2,1-2H3,(H,30,35)(H,31,33)/t18-,25+,26-/m0/s1. The van der Waals surface area contributed by atoms with Crippen LogP contribution in [-0.2, 0) is 23.9 Å². The third kappa shape index (κ3) is 5.05. The summed E-state index contributed by atoms with van der Waals surface area (Å²) in [7, 11) is 1.28. The van der Waals surface area contributed by atoms with Gasteiger partial charge < -0.3 is 20.1 Å². The lowest BCUT2D eigenvalue weighted by Crippen LogP contribution is -2.51. The van der Waals surface area contributed by atoms with Crippen LogP contribution in [0.2, 0.25) is 0 Å². The first-order chi connectivity index (χ1) is 18.5. The second kappa shape index (κ2) is 10.9. The molecule has 0 aromatic heterocycles. The molecule has 0 radical (unpaired) electrons. The minimum Gasteiger partial charge on any atom is -0.467 e. The topological polar surface area (TPSA) is 106 Å². The number of nitrogens with one attached hydrogen (secondary N) is 2. The van der Waals surface area contributed by atoms with E-state index in [0.29, 0.717) is 5.69 Å². The highest BCUT2D eigenvalue weighted by Crippen LogP contribution is 2.44. The highest BCUT2D eigenvalue weighted by molar-refractivity contribution is 5.86. The largest absolute Gasteiger partial charge is 0.467 e. The summed E-state index contributed by atoms with van der Waals surface area (Å²) in [5.41, 5.74) is 5.15. The van der Waals surface area contributed by atoms with Crippen LogP contribution in [0.3, 0.4) is 0 Å². The number of ether oxygens (including phenoxy) is 2. The van der Waals surface area contributed by atoms with Crippen LogP contribution in [0.25, 0.3) is 11.1 Å². The van der Waals surface area contributed by atoms with Crippen molar-refractivity contribution in [3.63, 3.8) is 0 Å². The second-order valence-corrected chi connectivity index (χ2v) is 9.23. The number of esters is 1. The number of rotatable bonds is 7. The summed E-state index contributed by atoms with van der Waals surface area (Å²) in [6.45, 7) is 1.71. The smallest absolute Gasteiger partial charge is 0.407 e. The van der Waals surface area contributed by atoms with E-state index in [0.717, 1.165) is 22.3 Å². The van der Waals surface area contributed by atoms with E-state index in [4.69, 9.17) is 14.3 Å². The molecule has 3 aromatic rings. The predicted octanol–water partition coefficient (Wildman–Crippen LogP) is 3.74. The van der Waals surface area contributed by atoms with E-state index in [-0.39, 0.29) is 18.9 Å². The van der Waals surface area contributed by atoms with Crippen molar-refractivity contribution in [1.82, 2.24) is 10.6 Å². The highest BCUT2D eigenvalue weighted by Gasteiger charge is 2.40. The van der Waals surface area contributed by atoms with Gasteiger partial charge in [-0.05, 0) is 41.3 Å². The molecular formula is C29H29N3O6. The van der Waals surface area contributed by atoms with Crippen LogP contribution in [0.4, 0.5) is 10.5 Å². The number of para-hydroxylation sites is 1. The van der Waals surface area contributed by atoms with Crippen molar-refractivity contribution >= 4 is 23.7 Å². The van der Waals surface area contributed by atoms with Gasteiger partial charge in [0, 0.05) is 12.3 Å². The van der Waals surface area contributed by atoms with Gasteiger partial charge in [-0.15, -0.1) is 0 Å². The quantitative estimate of drug-likeness (QED) is 0.462. The summed E-state index contributed by atoms with van der Waals surface area (Å²) in [6, 6.07) is 24.4. The van der Waals surface area contributed by atoms with Gasteiger partial charge in [0.2, 0.25) is 5.91 Å². The van der Waals surface area contributed by atoms with Crippen molar-refractivity contribution in [1.29, 1.82) is 0 Å². The van der Waals surface area contributed by atoms with Crippen LogP contribution in [0.15, 0.2) is 78.9 Å². The van der Waals surface area contributed by atoms with Crippen molar-refractivity contribution in [2.75, 3.05) is 18.8 Å². The maximum Gasteiger partial charge on any atom is 0.407 e. The highest BCUT2D eigenvalue weighted by atomic mass is 16.7. The number of hydrogen-bond donors (Lipinski definition) is 2. The number of amides is 2. The van der Waals surface area contributed by atoms with Gasteiger partial charge in [-0.1, -0.05) is 66.7 Å². The lowest BCUT2D eigenvalue weighted by molar-refractivity contribution is -0.151. The maximum absolute atomic E-state index is 13.0. The molecule has 0 unspecified atom stereocenters. The van der Waals surface area contributed by atoms with E-state index >= 15 is 0 Å². The molecule has 2 amide bonds. The molecular weight excluding hydrogens is 486 g/mol. The monoisotopic (exact) mass is 515 g/mol. The molecule has 3 aromatic carbocycles. The van der Waals surface area contributed by atoms with E-state index in [1.165, 1.54) is 12.2 Å². The van der Waals surface area contributed by atoms with Crippen LogP contribution in [0, 0.1) is 0 Å². The molecule has 1 fully saturated rings. The summed E-state index contributed by atoms with van der Waals surface area (Å²) < 4.78 is 10.4. The normalized spacial score (nSPS) is 18.7. The summed E-state index contributed by atoms with van der Waals surface area (Å²) in [4.78, 5) is 43.4. The van der Waals surface area contributed by atoms with Crippen molar-refractivity contribution in [2.45, 2.75) is 37.6 Å². The number of carbonyl (C=O) groups is 3. The molecule has 0 bridgehead atoms. The third-order valence-electron chi connectivity index (χ3n) is 6.82. The first-order valence-corrected chi connectivity index (χ1v) is 12.5. The summed E-state index contributed by atoms with van der Waals surface area (Å²) >= 11 is 0. The van der Waals surface area contributed by atoms with Crippen LogP contribution in [0.5, 0.6) is 0 Å². The molecule has 1 saturated heterocycles. The Hall–Kier alpha value is -4.37. The van der Waals surface area contributed by atoms with Gasteiger partial charge in [0.25, 0.3) is 0 Å². The number of fused-ring (bicyclic) bond motifs is 3. The van der Waals surface area contributed by atoms with E-state index in [2.05, 4.69) is 22.8 Å². The van der Waals surface area contributed by atoms with Gasteiger partial charge in [0.1, 0.15) is 18.8 Å². The second-order valence-electron chi connectivity index (χ2n) is 9.23. The SMILES string of the molecule is COC(=O)[C@H]1C[C@@H](NC(=O)[C@H](C)NC(=O)OCC2c3ccccc3-c3ccccc32)N(c2ccccc2)O1. The number of alkyl carbamates (subject to hydrolysis) is 1. The third-order valence-corrected chi connectivity index (χ3v) is 6.82. The van der Waals surface area contributed by atoms with Crippen molar-refractivity contribution in [3.05, 3.63) is 90.0 Å². The van der Waals surface area contributed by atoms with Crippen LogP contribution < -0.4 is 15.7 Å². The number of nitrogens with zero attached hydrogens (tertiary/aromatic N) is 1. The van der Waals surface area contributed by atoms with Gasteiger partial charge in [-0.2, -0.15) is 0 Å². The number of anilines is 1. The Labute approximate surface area is 220 Å². The molecule has 38 heavy (non-hydrogen) atoms. The molecule has 2 aliphatic rings. The Bertz CT molecular complexity index is 1290. The first-order valence-electron chi connectivity index (χ1n) is 12.5. The van der Waals surface area contributed by atoms with Crippen LogP contribution >= 0.6 is 0 Å². The van der Waals surface area contributed by atoms with E-state index in [1.807, 2.05) is 54.6 Å². The number of hydrogen-bond acceptors (Lipinski definition) is 7. The van der Waals surface area contributed by atoms with Gasteiger partial charge in [-0.3, -0.25) is 9.63 Å². The lowest BCUT2D eigenvalue weighted by atomic mass is 9.98. The zero-order valence-corrected chi connectivity index (χ0v) is 21.1. The molecule has 9 nitrogen and oxygen atoms in total. The molecule has 5 rings (SSSR count). The molecule has 1 aliphatic carbocycles. The van der Waals surface area contributed by atoms with Gasteiger partial charge in [-0.25, -0.2) is 14.7 Å². The fourth-order valence-electron chi connectivity index (χ4n) is 4.93. The van der Waals surface area contributed by atoms with Gasteiger partial charge in [0.15, 0.2) is 6.10 Å². The minimum atomic E-state index is -0.888. The zero-order chi connectivity index (χ0) is 26.6.